The summed E-state index contributed by atoms with van der Waals surface area (Å²) < 4.78 is 4.78. The molecule has 0 amide bonds. The molecule has 0 aliphatic carbocycles. The van der Waals surface area contributed by atoms with E-state index in [9.17, 15) is 4.79 Å². The molecule has 3 nitrogen and oxygen atoms in total. The number of methoxy groups -OCH3 is 1. The van der Waals surface area contributed by atoms with Gasteiger partial charge < -0.3 is 9.72 Å². The van der Waals surface area contributed by atoms with Crippen molar-refractivity contribution in [3.8, 4) is 0 Å². The van der Waals surface area contributed by atoms with E-state index in [1.54, 1.807) is 12.1 Å². The topological polar surface area (TPSA) is 42.1 Å². The third kappa shape index (κ3) is 1.48. The van der Waals surface area contributed by atoms with Crippen molar-refractivity contribution in [3.05, 3.63) is 47.0 Å². The van der Waals surface area contributed by atoms with Gasteiger partial charge >= 0.3 is 5.97 Å². The van der Waals surface area contributed by atoms with Crippen molar-refractivity contribution in [2.75, 3.05) is 7.11 Å². The van der Waals surface area contributed by atoms with E-state index in [0.717, 1.165) is 21.8 Å². The summed E-state index contributed by atoms with van der Waals surface area (Å²) in [6.07, 6.45) is 0. The smallest absolute Gasteiger partial charge is 0.339 e. The number of fused-ring (bicyclic) bond motifs is 3. The predicted molar refractivity (Wildman–Crippen MR) is 72.2 cm³/mol. The van der Waals surface area contributed by atoms with Crippen LogP contribution in [-0.4, -0.2) is 18.1 Å². The average molecular weight is 260 g/mol. The number of benzene rings is 2. The van der Waals surface area contributed by atoms with Gasteiger partial charge in [0.15, 0.2) is 0 Å². The standard InChI is InChI=1S/C14H10ClNO2/c1-18-14(17)9-6-7-10(15)12-8-4-2-3-5-11(8)16-13(9)12/h2-7,16H,1H3. The number of para-hydroxylation sites is 1. The zero-order chi connectivity index (χ0) is 12.7. The average Bonchev–Trinajstić information content (AvgIpc) is 2.78. The maximum absolute atomic E-state index is 11.7. The highest BCUT2D eigenvalue weighted by atomic mass is 35.5. The number of esters is 1. The molecule has 1 aromatic heterocycles. The van der Waals surface area contributed by atoms with Crippen LogP contribution in [-0.2, 0) is 4.74 Å². The van der Waals surface area contributed by atoms with Gasteiger partial charge in [0.05, 0.1) is 23.2 Å². The van der Waals surface area contributed by atoms with Gasteiger partial charge in [0.2, 0.25) is 0 Å². The van der Waals surface area contributed by atoms with Crippen LogP contribution in [0.4, 0.5) is 0 Å². The zero-order valence-electron chi connectivity index (χ0n) is 9.66. The number of aromatic nitrogens is 1. The monoisotopic (exact) mass is 259 g/mol. The summed E-state index contributed by atoms with van der Waals surface area (Å²) >= 11 is 6.23. The van der Waals surface area contributed by atoms with Crippen molar-refractivity contribution >= 4 is 39.4 Å². The van der Waals surface area contributed by atoms with Crippen LogP contribution < -0.4 is 0 Å². The molecule has 0 atom stereocenters. The maximum atomic E-state index is 11.7. The first kappa shape index (κ1) is 11.1. The minimum atomic E-state index is -0.372. The second-order valence-electron chi connectivity index (χ2n) is 4.01. The minimum Gasteiger partial charge on any atom is -0.465 e. The van der Waals surface area contributed by atoms with Crippen LogP contribution in [0.25, 0.3) is 21.8 Å². The number of halogens is 1. The Hall–Kier alpha value is -2.00. The number of carbonyl (C=O) groups is 1. The number of rotatable bonds is 1. The molecular formula is C14H10ClNO2. The molecule has 1 N–H and O–H groups in total. The molecule has 3 aromatic rings. The van der Waals surface area contributed by atoms with E-state index in [1.165, 1.54) is 7.11 Å². The molecule has 0 saturated heterocycles. The highest BCUT2D eigenvalue weighted by Gasteiger charge is 2.16. The lowest BCUT2D eigenvalue weighted by Crippen LogP contribution is -2.01. The van der Waals surface area contributed by atoms with E-state index < -0.39 is 0 Å². The number of hydrogen-bond donors (Lipinski definition) is 1. The Morgan fingerprint density at radius 2 is 2.00 bits per heavy atom. The van der Waals surface area contributed by atoms with Gasteiger partial charge in [0.25, 0.3) is 0 Å². The van der Waals surface area contributed by atoms with Gasteiger partial charge in [0.1, 0.15) is 0 Å². The van der Waals surface area contributed by atoms with Crippen molar-refractivity contribution in [3.63, 3.8) is 0 Å². The molecule has 0 aliphatic rings. The Morgan fingerprint density at radius 3 is 2.78 bits per heavy atom. The fraction of sp³-hybridized carbons (Fsp3) is 0.0714. The summed E-state index contributed by atoms with van der Waals surface area (Å²) in [5.41, 5.74) is 2.16. The van der Waals surface area contributed by atoms with E-state index in [0.29, 0.717) is 10.6 Å². The Balaban J connectivity index is 2.49. The SMILES string of the molecule is COC(=O)c1ccc(Cl)c2c1[nH]c1ccccc12. The predicted octanol–water partition coefficient (Wildman–Crippen LogP) is 3.76. The van der Waals surface area contributed by atoms with Crippen molar-refractivity contribution in [2.45, 2.75) is 0 Å². The van der Waals surface area contributed by atoms with Gasteiger partial charge in [-0.15, -0.1) is 0 Å². The summed E-state index contributed by atoms with van der Waals surface area (Å²) in [5, 5.41) is 2.48. The summed E-state index contributed by atoms with van der Waals surface area (Å²) in [5.74, 6) is -0.372. The van der Waals surface area contributed by atoms with Crippen molar-refractivity contribution in [1.29, 1.82) is 0 Å². The molecular weight excluding hydrogens is 250 g/mol. The quantitative estimate of drug-likeness (QED) is 0.676. The molecule has 0 unspecified atom stereocenters. The number of H-pyrrole nitrogens is 1. The zero-order valence-corrected chi connectivity index (χ0v) is 10.4. The van der Waals surface area contributed by atoms with Gasteiger partial charge in [-0.2, -0.15) is 0 Å². The van der Waals surface area contributed by atoms with Crippen LogP contribution >= 0.6 is 11.6 Å². The second-order valence-corrected chi connectivity index (χ2v) is 4.41. The largest absolute Gasteiger partial charge is 0.465 e. The minimum absolute atomic E-state index is 0.372. The fourth-order valence-corrected chi connectivity index (χ4v) is 2.45. The summed E-state index contributed by atoms with van der Waals surface area (Å²) in [6, 6.07) is 11.2. The highest BCUT2D eigenvalue weighted by Crippen LogP contribution is 2.33. The van der Waals surface area contributed by atoms with E-state index in [2.05, 4.69) is 4.98 Å². The molecule has 0 radical (unpaired) electrons. The maximum Gasteiger partial charge on any atom is 0.339 e. The lowest BCUT2D eigenvalue weighted by Gasteiger charge is -2.02. The number of nitrogens with one attached hydrogen (secondary N) is 1. The van der Waals surface area contributed by atoms with Crippen LogP contribution in [0.3, 0.4) is 0 Å². The Bertz CT molecular complexity index is 761. The lowest BCUT2D eigenvalue weighted by atomic mass is 10.1. The van der Waals surface area contributed by atoms with Gasteiger partial charge in [-0.1, -0.05) is 29.8 Å². The van der Waals surface area contributed by atoms with Crippen molar-refractivity contribution in [2.24, 2.45) is 0 Å². The van der Waals surface area contributed by atoms with E-state index in [1.807, 2.05) is 24.3 Å². The molecule has 4 heteroatoms. The van der Waals surface area contributed by atoms with Crippen LogP contribution in [0, 0.1) is 0 Å². The summed E-state index contributed by atoms with van der Waals surface area (Å²) in [4.78, 5) is 14.9. The molecule has 0 bridgehead atoms. The third-order valence-electron chi connectivity index (χ3n) is 3.02. The Labute approximate surface area is 108 Å². The Kier molecular flexibility index (Phi) is 2.49. The molecule has 0 saturated carbocycles. The van der Waals surface area contributed by atoms with E-state index >= 15 is 0 Å². The molecule has 2 aromatic carbocycles. The second kappa shape index (κ2) is 4.03. The highest BCUT2D eigenvalue weighted by molar-refractivity contribution is 6.38. The number of ether oxygens (including phenoxy) is 1. The number of carbonyl (C=O) groups excluding carboxylic acids is 1. The molecule has 18 heavy (non-hydrogen) atoms. The van der Waals surface area contributed by atoms with Gasteiger partial charge in [0, 0.05) is 16.3 Å². The van der Waals surface area contributed by atoms with Gasteiger partial charge in [-0.3, -0.25) is 0 Å². The molecule has 3 rings (SSSR count). The molecule has 0 aliphatic heterocycles. The van der Waals surface area contributed by atoms with E-state index in [-0.39, 0.29) is 5.97 Å². The third-order valence-corrected chi connectivity index (χ3v) is 3.33. The molecule has 0 fully saturated rings. The molecule has 1 heterocycles. The van der Waals surface area contributed by atoms with E-state index in [4.69, 9.17) is 16.3 Å². The van der Waals surface area contributed by atoms with Crippen molar-refractivity contribution < 1.29 is 9.53 Å². The number of aromatic amines is 1. The molecule has 90 valence electrons. The van der Waals surface area contributed by atoms with Crippen LogP contribution in [0.15, 0.2) is 36.4 Å². The van der Waals surface area contributed by atoms with Crippen LogP contribution in [0.1, 0.15) is 10.4 Å². The summed E-state index contributed by atoms with van der Waals surface area (Å²) in [7, 11) is 1.37. The first-order valence-electron chi connectivity index (χ1n) is 5.49. The van der Waals surface area contributed by atoms with Crippen LogP contribution in [0.5, 0.6) is 0 Å². The first-order chi connectivity index (χ1) is 8.72. The van der Waals surface area contributed by atoms with Gasteiger partial charge in [-0.05, 0) is 18.2 Å². The van der Waals surface area contributed by atoms with Gasteiger partial charge in [-0.25, -0.2) is 4.79 Å². The number of hydrogen-bond acceptors (Lipinski definition) is 2. The fourth-order valence-electron chi connectivity index (χ4n) is 2.20. The normalized spacial score (nSPS) is 11.0. The molecule has 0 spiro atoms. The summed E-state index contributed by atoms with van der Waals surface area (Å²) in [6.45, 7) is 0. The first-order valence-corrected chi connectivity index (χ1v) is 5.87. The lowest BCUT2D eigenvalue weighted by molar-refractivity contribution is 0.0603. The van der Waals surface area contributed by atoms with Crippen LogP contribution in [0.2, 0.25) is 5.02 Å². The Morgan fingerprint density at radius 1 is 1.22 bits per heavy atom. The van der Waals surface area contributed by atoms with Crippen molar-refractivity contribution in [1.82, 2.24) is 4.98 Å².